The first kappa shape index (κ1) is 13.4. The van der Waals surface area contributed by atoms with Crippen molar-refractivity contribution < 1.29 is 4.74 Å². The molecule has 18 heavy (non-hydrogen) atoms. The molecule has 0 aliphatic rings. The van der Waals surface area contributed by atoms with Crippen LogP contribution in [-0.2, 0) is 0 Å². The van der Waals surface area contributed by atoms with Crippen molar-refractivity contribution in [2.24, 2.45) is 0 Å². The minimum atomic E-state index is 0.642. The molecule has 0 saturated carbocycles. The third-order valence-corrected chi connectivity index (χ3v) is 3.52. The quantitative estimate of drug-likeness (QED) is 0.477. The van der Waals surface area contributed by atoms with Gasteiger partial charge in [-0.3, -0.25) is 0 Å². The van der Waals surface area contributed by atoms with Crippen LogP contribution in [0.15, 0.2) is 46.2 Å². The molecule has 0 fully saturated rings. The van der Waals surface area contributed by atoms with Crippen LogP contribution in [0.25, 0.3) is 0 Å². The van der Waals surface area contributed by atoms with Crippen molar-refractivity contribution in [3.63, 3.8) is 0 Å². The van der Waals surface area contributed by atoms with Crippen molar-refractivity contribution >= 4 is 27.7 Å². The van der Waals surface area contributed by atoms with Gasteiger partial charge in [0.2, 0.25) is 0 Å². The Morgan fingerprint density at radius 1 is 1.22 bits per heavy atom. The summed E-state index contributed by atoms with van der Waals surface area (Å²) < 4.78 is 6.67. The van der Waals surface area contributed by atoms with E-state index >= 15 is 0 Å². The molecule has 0 aliphatic heterocycles. The lowest BCUT2D eigenvalue weighted by Gasteiger charge is -2.05. The molecular formula is C13H13BrN2OS. The molecule has 1 heterocycles. The van der Waals surface area contributed by atoms with Gasteiger partial charge in [0, 0.05) is 22.1 Å². The Morgan fingerprint density at radius 3 is 2.72 bits per heavy atom. The molecule has 2 rings (SSSR count). The van der Waals surface area contributed by atoms with E-state index in [0.29, 0.717) is 6.61 Å². The Balaban J connectivity index is 1.74. The zero-order chi connectivity index (χ0) is 12.8. The number of ether oxygens (including phenoxy) is 1. The van der Waals surface area contributed by atoms with Crippen LogP contribution in [0.5, 0.6) is 5.75 Å². The predicted molar refractivity (Wildman–Crippen MR) is 77.1 cm³/mol. The lowest BCUT2D eigenvalue weighted by molar-refractivity contribution is 0.344. The summed E-state index contributed by atoms with van der Waals surface area (Å²) in [5, 5.41) is 0.800. The SMILES string of the molecule is Cc1ccnc(SCCOc2ccc(Br)cc2)n1. The molecule has 0 saturated heterocycles. The summed E-state index contributed by atoms with van der Waals surface area (Å²) >= 11 is 4.99. The van der Waals surface area contributed by atoms with Gasteiger partial charge in [-0.1, -0.05) is 27.7 Å². The van der Waals surface area contributed by atoms with Crippen LogP contribution < -0.4 is 4.74 Å². The Morgan fingerprint density at radius 2 is 2.00 bits per heavy atom. The van der Waals surface area contributed by atoms with E-state index in [1.165, 1.54) is 0 Å². The smallest absolute Gasteiger partial charge is 0.187 e. The largest absolute Gasteiger partial charge is 0.493 e. The van der Waals surface area contributed by atoms with Crippen LogP contribution >= 0.6 is 27.7 Å². The van der Waals surface area contributed by atoms with Crippen LogP contribution in [0, 0.1) is 6.92 Å². The molecule has 2 aromatic rings. The summed E-state index contributed by atoms with van der Waals surface area (Å²) in [5.74, 6) is 1.71. The van der Waals surface area contributed by atoms with Gasteiger partial charge in [0.25, 0.3) is 0 Å². The molecule has 0 aliphatic carbocycles. The number of hydrogen-bond acceptors (Lipinski definition) is 4. The molecule has 0 radical (unpaired) electrons. The average Bonchev–Trinajstić information content (AvgIpc) is 2.37. The van der Waals surface area contributed by atoms with Crippen molar-refractivity contribution in [1.82, 2.24) is 9.97 Å². The lowest BCUT2D eigenvalue weighted by atomic mass is 10.3. The highest BCUT2D eigenvalue weighted by molar-refractivity contribution is 9.10. The van der Waals surface area contributed by atoms with E-state index in [4.69, 9.17) is 4.74 Å². The summed E-state index contributed by atoms with van der Waals surface area (Å²) in [6.45, 7) is 2.60. The number of halogens is 1. The fraction of sp³-hybridized carbons (Fsp3) is 0.231. The highest BCUT2D eigenvalue weighted by Gasteiger charge is 1.98. The van der Waals surface area contributed by atoms with Crippen molar-refractivity contribution in [3.05, 3.63) is 46.7 Å². The first-order valence-corrected chi connectivity index (χ1v) is 7.33. The topological polar surface area (TPSA) is 35.0 Å². The highest BCUT2D eigenvalue weighted by Crippen LogP contribution is 2.17. The number of nitrogens with zero attached hydrogens (tertiary/aromatic N) is 2. The second kappa shape index (κ2) is 6.75. The van der Waals surface area contributed by atoms with Gasteiger partial charge >= 0.3 is 0 Å². The number of aryl methyl sites for hydroxylation is 1. The Hall–Kier alpha value is -1.07. The molecule has 0 unspecified atom stereocenters. The van der Waals surface area contributed by atoms with E-state index in [9.17, 15) is 0 Å². The first-order chi connectivity index (χ1) is 8.74. The molecule has 3 nitrogen and oxygen atoms in total. The Kier molecular flexibility index (Phi) is 5.01. The fourth-order valence-corrected chi connectivity index (χ4v) is 2.28. The molecule has 0 atom stereocenters. The summed E-state index contributed by atoms with van der Waals surface area (Å²) in [7, 11) is 0. The van der Waals surface area contributed by atoms with E-state index < -0.39 is 0 Å². The number of aromatic nitrogens is 2. The van der Waals surface area contributed by atoms with Gasteiger partial charge in [-0.2, -0.15) is 0 Å². The fourth-order valence-electron chi connectivity index (χ4n) is 1.32. The monoisotopic (exact) mass is 324 g/mol. The maximum absolute atomic E-state index is 5.62. The van der Waals surface area contributed by atoms with E-state index in [2.05, 4.69) is 25.9 Å². The molecular weight excluding hydrogens is 312 g/mol. The molecule has 94 valence electrons. The van der Waals surface area contributed by atoms with Crippen molar-refractivity contribution in [2.75, 3.05) is 12.4 Å². The second-order valence-corrected chi connectivity index (χ2v) is 5.61. The molecule has 0 N–H and O–H groups in total. The molecule has 0 amide bonds. The third kappa shape index (κ3) is 4.31. The van der Waals surface area contributed by atoms with Crippen LogP contribution in [-0.4, -0.2) is 22.3 Å². The third-order valence-electron chi connectivity index (χ3n) is 2.17. The minimum absolute atomic E-state index is 0.642. The summed E-state index contributed by atoms with van der Waals surface area (Å²) in [6.07, 6.45) is 1.78. The van der Waals surface area contributed by atoms with Gasteiger partial charge in [-0.15, -0.1) is 0 Å². The Labute approximate surface area is 119 Å². The first-order valence-electron chi connectivity index (χ1n) is 5.55. The zero-order valence-corrected chi connectivity index (χ0v) is 12.4. The summed E-state index contributed by atoms with van der Waals surface area (Å²) in [4.78, 5) is 8.51. The van der Waals surface area contributed by atoms with E-state index in [1.54, 1.807) is 18.0 Å². The standard InChI is InChI=1S/C13H13BrN2OS/c1-10-6-7-15-13(16-10)18-9-8-17-12-4-2-11(14)3-5-12/h2-7H,8-9H2,1H3. The van der Waals surface area contributed by atoms with E-state index in [0.717, 1.165) is 26.8 Å². The number of thioether (sulfide) groups is 1. The molecule has 5 heteroatoms. The van der Waals surface area contributed by atoms with Gasteiger partial charge in [-0.05, 0) is 37.3 Å². The van der Waals surface area contributed by atoms with Gasteiger partial charge in [0.15, 0.2) is 5.16 Å². The van der Waals surface area contributed by atoms with Crippen LogP contribution in [0.2, 0.25) is 0 Å². The van der Waals surface area contributed by atoms with Crippen LogP contribution in [0.4, 0.5) is 0 Å². The van der Waals surface area contributed by atoms with Gasteiger partial charge < -0.3 is 4.74 Å². The summed E-state index contributed by atoms with van der Waals surface area (Å²) in [5.41, 5.74) is 0.987. The van der Waals surface area contributed by atoms with Gasteiger partial charge in [0.1, 0.15) is 5.75 Å². The van der Waals surface area contributed by atoms with E-state index in [-0.39, 0.29) is 0 Å². The minimum Gasteiger partial charge on any atom is -0.493 e. The zero-order valence-electron chi connectivity index (χ0n) is 9.97. The number of benzene rings is 1. The molecule has 1 aromatic carbocycles. The number of rotatable bonds is 5. The molecule has 0 bridgehead atoms. The average molecular weight is 325 g/mol. The van der Waals surface area contributed by atoms with Crippen molar-refractivity contribution in [1.29, 1.82) is 0 Å². The normalized spacial score (nSPS) is 10.3. The van der Waals surface area contributed by atoms with Crippen molar-refractivity contribution in [3.8, 4) is 5.75 Å². The predicted octanol–water partition coefficient (Wildman–Crippen LogP) is 3.72. The van der Waals surface area contributed by atoms with Gasteiger partial charge in [-0.25, -0.2) is 9.97 Å². The van der Waals surface area contributed by atoms with Crippen LogP contribution in [0.3, 0.4) is 0 Å². The van der Waals surface area contributed by atoms with Crippen molar-refractivity contribution in [2.45, 2.75) is 12.1 Å². The second-order valence-electron chi connectivity index (χ2n) is 3.63. The molecule has 0 spiro atoms. The highest BCUT2D eigenvalue weighted by atomic mass is 79.9. The maximum Gasteiger partial charge on any atom is 0.187 e. The maximum atomic E-state index is 5.62. The summed E-state index contributed by atoms with van der Waals surface area (Å²) in [6, 6.07) is 9.70. The van der Waals surface area contributed by atoms with Crippen LogP contribution in [0.1, 0.15) is 5.69 Å². The molecule has 1 aromatic heterocycles. The number of hydrogen-bond donors (Lipinski definition) is 0. The van der Waals surface area contributed by atoms with E-state index in [1.807, 2.05) is 37.3 Å². The Bertz CT molecular complexity index is 505. The lowest BCUT2D eigenvalue weighted by Crippen LogP contribution is -2.01. The van der Waals surface area contributed by atoms with Gasteiger partial charge in [0.05, 0.1) is 6.61 Å².